The zero-order chi connectivity index (χ0) is 13.9. The fraction of sp³-hybridized carbons (Fsp3) is 0.500. The summed E-state index contributed by atoms with van der Waals surface area (Å²) >= 11 is 0. The topological polar surface area (TPSA) is 79.5 Å². The van der Waals surface area contributed by atoms with Gasteiger partial charge in [-0.25, -0.2) is 4.98 Å². The summed E-state index contributed by atoms with van der Waals surface area (Å²) in [6, 6.07) is 1.75. The van der Waals surface area contributed by atoms with Crippen LogP contribution in [0.15, 0.2) is 16.8 Å². The molecule has 1 saturated carbocycles. The van der Waals surface area contributed by atoms with Crippen LogP contribution in [0.3, 0.4) is 0 Å². The van der Waals surface area contributed by atoms with E-state index in [1.807, 2.05) is 6.92 Å². The lowest BCUT2D eigenvalue weighted by Gasteiger charge is -2.46. The van der Waals surface area contributed by atoms with Crippen LogP contribution in [0, 0.1) is 12.8 Å². The number of β-amino-alcohol motifs (C(OH)–C–C–N with tert-alkyl or cyclic N) is 1. The number of nitrogens with zero attached hydrogens (tertiary/aromatic N) is 3. The van der Waals surface area contributed by atoms with Gasteiger partial charge < -0.3 is 14.5 Å². The van der Waals surface area contributed by atoms with Crippen molar-refractivity contribution in [3.05, 3.63) is 23.5 Å². The van der Waals surface area contributed by atoms with E-state index in [0.717, 1.165) is 23.9 Å². The number of hydrogen-bond donors (Lipinski definition) is 1. The third-order valence-corrected chi connectivity index (χ3v) is 4.31. The maximum Gasteiger partial charge on any atom is 0.257 e. The lowest BCUT2D eigenvalue weighted by atomic mass is 9.88. The van der Waals surface area contributed by atoms with E-state index in [9.17, 15) is 9.90 Å². The van der Waals surface area contributed by atoms with E-state index in [2.05, 4.69) is 10.1 Å². The first-order valence-corrected chi connectivity index (χ1v) is 6.80. The number of amides is 1. The molecular weight excluding hydrogens is 258 g/mol. The average Bonchev–Trinajstić information content (AvgIpc) is 3.20. The highest BCUT2D eigenvalue weighted by Gasteiger charge is 2.53. The van der Waals surface area contributed by atoms with Crippen molar-refractivity contribution < 1.29 is 14.4 Å². The summed E-state index contributed by atoms with van der Waals surface area (Å²) in [6.07, 6.45) is 3.65. The summed E-state index contributed by atoms with van der Waals surface area (Å²) in [6.45, 7) is 2.67. The molecule has 1 N–H and O–H groups in total. The molecule has 1 aliphatic heterocycles. The van der Waals surface area contributed by atoms with E-state index in [0.29, 0.717) is 30.3 Å². The zero-order valence-corrected chi connectivity index (χ0v) is 11.2. The highest BCUT2D eigenvalue weighted by Crippen LogP contribution is 2.44. The summed E-state index contributed by atoms with van der Waals surface area (Å²) < 4.78 is 5.03. The Kier molecular flexibility index (Phi) is 2.24. The number of aromatic nitrogens is 2. The Morgan fingerprint density at radius 2 is 2.25 bits per heavy atom. The molecule has 2 aromatic rings. The van der Waals surface area contributed by atoms with Crippen LogP contribution in [0.25, 0.3) is 11.1 Å². The van der Waals surface area contributed by atoms with E-state index in [1.54, 1.807) is 11.0 Å². The molecule has 0 aromatic carbocycles. The van der Waals surface area contributed by atoms with Crippen molar-refractivity contribution in [1.82, 2.24) is 15.0 Å². The molecule has 0 spiro atoms. The second-order valence-corrected chi connectivity index (χ2v) is 5.88. The standard InChI is InChI=1S/C14H15N3O3/c1-8-11-4-9(5-15-12(11)20-16-8)13(18)17-6-14(19,7-17)10-2-3-10/h4-5,10,19H,2-3,6-7H2,1H3. The molecule has 2 aliphatic rings. The molecular formula is C14H15N3O3. The fourth-order valence-corrected chi connectivity index (χ4v) is 2.88. The van der Waals surface area contributed by atoms with Crippen LogP contribution < -0.4 is 0 Å². The Morgan fingerprint density at radius 1 is 1.50 bits per heavy atom. The molecule has 0 radical (unpaired) electrons. The van der Waals surface area contributed by atoms with Gasteiger partial charge in [-0.3, -0.25) is 4.79 Å². The average molecular weight is 273 g/mol. The van der Waals surface area contributed by atoms with Gasteiger partial charge in [0.05, 0.1) is 29.7 Å². The Labute approximate surface area is 115 Å². The molecule has 0 unspecified atom stereocenters. The van der Waals surface area contributed by atoms with Crippen LogP contribution in [-0.2, 0) is 0 Å². The van der Waals surface area contributed by atoms with Gasteiger partial charge in [-0.1, -0.05) is 5.16 Å². The molecule has 20 heavy (non-hydrogen) atoms. The molecule has 1 saturated heterocycles. The van der Waals surface area contributed by atoms with Gasteiger partial charge in [0.1, 0.15) is 5.60 Å². The minimum atomic E-state index is -0.652. The lowest BCUT2D eigenvalue weighted by Crippen LogP contribution is -2.64. The SMILES string of the molecule is Cc1noc2ncc(C(=O)N3CC(O)(C4CC4)C3)cc12. The molecule has 4 rings (SSSR count). The van der Waals surface area contributed by atoms with Gasteiger partial charge in [0.15, 0.2) is 0 Å². The molecule has 1 amide bonds. The third kappa shape index (κ3) is 1.64. The molecule has 1 aliphatic carbocycles. The molecule has 104 valence electrons. The van der Waals surface area contributed by atoms with Crippen molar-refractivity contribution in [3.8, 4) is 0 Å². The Hall–Kier alpha value is -1.95. The van der Waals surface area contributed by atoms with Crippen LogP contribution in [-0.4, -0.2) is 44.7 Å². The second kappa shape index (κ2) is 3.79. The minimum absolute atomic E-state index is 0.0923. The van der Waals surface area contributed by atoms with Crippen LogP contribution in [0.4, 0.5) is 0 Å². The van der Waals surface area contributed by atoms with Gasteiger partial charge in [0, 0.05) is 6.20 Å². The normalized spacial score (nSPS) is 21.0. The van der Waals surface area contributed by atoms with Crippen molar-refractivity contribution in [3.63, 3.8) is 0 Å². The van der Waals surface area contributed by atoms with Gasteiger partial charge in [-0.15, -0.1) is 0 Å². The summed E-state index contributed by atoms with van der Waals surface area (Å²) in [5.74, 6) is 0.290. The first-order chi connectivity index (χ1) is 9.57. The van der Waals surface area contributed by atoms with Crippen molar-refractivity contribution in [2.24, 2.45) is 5.92 Å². The van der Waals surface area contributed by atoms with Gasteiger partial charge in [-0.2, -0.15) is 0 Å². The van der Waals surface area contributed by atoms with Crippen LogP contribution >= 0.6 is 0 Å². The highest BCUT2D eigenvalue weighted by molar-refractivity contribution is 5.97. The Bertz CT molecular complexity index is 699. The number of rotatable bonds is 2. The number of pyridine rings is 1. The maximum atomic E-state index is 12.4. The number of likely N-dealkylation sites (tertiary alicyclic amines) is 1. The first-order valence-electron chi connectivity index (χ1n) is 6.80. The van der Waals surface area contributed by atoms with E-state index in [1.165, 1.54) is 6.20 Å². The number of aliphatic hydroxyl groups is 1. The van der Waals surface area contributed by atoms with Crippen LogP contribution in [0.5, 0.6) is 0 Å². The smallest absolute Gasteiger partial charge is 0.257 e. The van der Waals surface area contributed by atoms with Crippen molar-refractivity contribution >= 4 is 17.0 Å². The van der Waals surface area contributed by atoms with Gasteiger partial charge in [0.2, 0.25) is 0 Å². The molecule has 6 heteroatoms. The molecule has 6 nitrogen and oxygen atoms in total. The number of aryl methyl sites for hydroxylation is 1. The van der Waals surface area contributed by atoms with Crippen molar-refractivity contribution in [2.75, 3.05) is 13.1 Å². The maximum absolute atomic E-state index is 12.4. The predicted molar refractivity (Wildman–Crippen MR) is 70.1 cm³/mol. The predicted octanol–water partition coefficient (Wildman–Crippen LogP) is 1.13. The van der Waals surface area contributed by atoms with Crippen LogP contribution in [0.2, 0.25) is 0 Å². The largest absolute Gasteiger partial charge is 0.386 e. The van der Waals surface area contributed by atoms with E-state index in [4.69, 9.17) is 4.52 Å². The Balaban J connectivity index is 1.57. The van der Waals surface area contributed by atoms with Crippen molar-refractivity contribution in [2.45, 2.75) is 25.4 Å². The zero-order valence-electron chi connectivity index (χ0n) is 11.2. The lowest BCUT2D eigenvalue weighted by molar-refractivity contribution is -0.0958. The molecule has 2 aromatic heterocycles. The number of fused-ring (bicyclic) bond motifs is 1. The van der Waals surface area contributed by atoms with Gasteiger partial charge >= 0.3 is 0 Å². The summed E-state index contributed by atoms with van der Waals surface area (Å²) in [5, 5.41) is 14.8. The van der Waals surface area contributed by atoms with Crippen LogP contribution in [0.1, 0.15) is 28.9 Å². The Morgan fingerprint density at radius 3 is 2.95 bits per heavy atom. The minimum Gasteiger partial charge on any atom is -0.386 e. The van der Waals surface area contributed by atoms with Gasteiger partial charge in [0.25, 0.3) is 11.6 Å². The number of carbonyl (C=O) groups is 1. The summed E-state index contributed by atoms with van der Waals surface area (Å²) in [7, 11) is 0. The summed E-state index contributed by atoms with van der Waals surface area (Å²) in [5.41, 5.74) is 1.03. The third-order valence-electron chi connectivity index (χ3n) is 4.31. The molecule has 3 heterocycles. The second-order valence-electron chi connectivity index (χ2n) is 5.88. The monoisotopic (exact) mass is 273 g/mol. The first kappa shape index (κ1) is 11.8. The molecule has 0 bridgehead atoms. The number of hydrogen-bond acceptors (Lipinski definition) is 5. The van der Waals surface area contributed by atoms with Gasteiger partial charge in [-0.05, 0) is 31.7 Å². The van der Waals surface area contributed by atoms with E-state index < -0.39 is 5.60 Å². The number of carbonyl (C=O) groups excluding carboxylic acids is 1. The van der Waals surface area contributed by atoms with E-state index in [-0.39, 0.29) is 5.91 Å². The highest BCUT2D eigenvalue weighted by atomic mass is 16.5. The quantitative estimate of drug-likeness (QED) is 0.887. The fourth-order valence-electron chi connectivity index (χ4n) is 2.88. The molecule has 0 atom stereocenters. The molecule has 2 fully saturated rings. The summed E-state index contributed by atoms with van der Waals surface area (Å²) in [4.78, 5) is 18.1. The van der Waals surface area contributed by atoms with E-state index >= 15 is 0 Å². The van der Waals surface area contributed by atoms with Crippen molar-refractivity contribution in [1.29, 1.82) is 0 Å².